The summed E-state index contributed by atoms with van der Waals surface area (Å²) < 4.78 is 12.8. The Morgan fingerprint density at radius 2 is 1.86 bits per heavy atom. The number of para-hydroxylation sites is 2. The SMILES string of the molecule is O=C(NC1CCOc2ccccc21)c1cc(-c2ccco2)nn1-c1ccccc1. The van der Waals surface area contributed by atoms with Crippen LogP contribution in [0.4, 0.5) is 0 Å². The molecule has 6 heteroatoms. The molecule has 29 heavy (non-hydrogen) atoms. The second-order valence-corrected chi connectivity index (χ2v) is 6.84. The van der Waals surface area contributed by atoms with Crippen LogP contribution in [0.5, 0.6) is 5.75 Å². The minimum absolute atomic E-state index is 0.112. The van der Waals surface area contributed by atoms with Gasteiger partial charge in [0.1, 0.15) is 17.1 Å². The van der Waals surface area contributed by atoms with Gasteiger partial charge >= 0.3 is 0 Å². The zero-order chi connectivity index (χ0) is 19.6. The Labute approximate surface area is 167 Å². The van der Waals surface area contributed by atoms with Gasteiger partial charge in [0.25, 0.3) is 5.91 Å². The number of ether oxygens (including phenoxy) is 1. The van der Waals surface area contributed by atoms with Gasteiger partial charge in [0.05, 0.1) is 24.6 Å². The third-order valence-electron chi connectivity index (χ3n) is 4.98. The fourth-order valence-electron chi connectivity index (χ4n) is 3.58. The molecule has 1 aliphatic rings. The van der Waals surface area contributed by atoms with E-state index in [1.807, 2.05) is 60.7 Å². The summed E-state index contributed by atoms with van der Waals surface area (Å²) in [5.74, 6) is 1.24. The van der Waals surface area contributed by atoms with Gasteiger partial charge in [-0.2, -0.15) is 5.10 Å². The quantitative estimate of drug-likeness (QED) is 0.566. The lowest BCUT2D eigenvalue weighted by Crippen LogP contribution is -2.33. The third kappa shape index (κ3) is 3.29. The molecule has 1 aliphatic heterocycles. The predicted molar refractivity (Wildman–Crippen MR) is 108 cm³/mol. The molecule has 6 nitrogen and oxygen atoms in total. The van der Waals surface area contributed by atoms with Gasteiger partial charge < -0.3 is 14.5 Å². The Morgan fingerprint density at radius 3 is 2.69 bits per heavy atom. The van der Waals surface area contributed by atoms with E-state index in [1.165, 1.54) is 0 Å². The van der Waals surface area contributed by atoms with E-state index in [2.05, 4.69) is 10.4 Å². The molecule has 0 fully saturated rings. The number of rotatable bonds is 4. The van der Waals surface area contributed by atoms with Crippen molar-refractivity contribution in [3.05, 3.63) is 90.3 Å². The van der Waals surface area contributed by atoms with Crippen molar-refractivity contribution in [2.45, 2.75) is 12.5 Å². The summed E-state index contributed by atoms with van der Waals surface area (Å²) in [6.07, 6.45) is 2.31. The zero-order valence-corrected chi connectivity index (χ0v) is 15.6. The van der Waals surface area contributed by atoms with Gasteiger partial charge in [0, 0.05) is 18.1 Å². The van der Waals surface area contributed by atoms with E-state index in [-0.39, 0.29) is 11.9 Å². The highest BCUT2D eigenvalue weighted by atomic mass is 16.5. The summed E-state index contributed by atoms with van der Waals surface area (Å²) in [5, 5.41) is 7.77. The number of fused-ring (bicyclic) bond motifs is 1. The van der Waals surface area contributed by atoms with E-state index in [0.29, 0.717) is 30.2 Å². The van der Waals surface area contributed by atoms with E-state index < -0.39 is 0 Å². The first-order valence-electron chi connectivity index (χ1n) is 9.51. The van der Waals surface area contributed by atoms with Crippen LogP contribution in [0.3, 0.4) is 0 Å². The van der Waals surface area contributed by atoms with Crippen molar-refractivity contribution in [1.29, 1.82) is 0 Å². The minimum atomic E-state index is -0.194. The molecule has 0 spiro atoms. The number of carbonyl (C=O) groups excluding carboxylic acids is 1. The van der Waals surface area contributed by atoms with Crippen LogP contribution in [-0.2, 0) is 0 Å². The molecular formula is C23H19N3O3. The number of benzene rings is 2. The molecule has 2 aromatic heterocycles. The molecular weight excluding hydrogens is 366 g/mol. The van der Waals surface area contributed by atoms with E-state index in [1.54, 1.807) is 23.1 Å². The fraction of sp³-hybridized carbons (Fsp3) is 0.130. The van der Waals surface area contributed by atoms with E-state index in [4.69, 9.17) is 9.15 Å². The van der Waals surface area contributed by atoms with Crippen molar-refractivity contribution in [2.75, 3.05) is 6.61 Å². The molecule has 2 aromatic carbocycles. The maximum Gasteiger partial charge on any atom is 0.270 e. The predicted octanol–water partition coefficient (Wildman–Crippen LogP) is 4.39. The summed E-state index contributed by atoms with van der Waals surface area (Å²) >= 11 is 0. The number of furan rings is 1. The first-order chi connectivity index (χ1) is 14.3. The summed E-state index contributed by atoms with van der Waals surface area (Å²) in [4.78, 5) is 13.3. The van der Waals surface area contributed by atoms with Gasteiger partial charge in [-0.25, -0.2) is 4.68 Å². The molecule has 144 valence electrons. The maximum atomic E-state index is 13.3. The van der Waals surface area contributed by atoms with Crippen LogP contribution in [0.2, 0.25) is 0 Å². The molecule has 3 heterocycles. The fourth-order valence-corrected chi connectivity index (χ4v) is 3.58. The maximum absolute atomic E-state index is 13.3. The molecule has 1 unspecified atom stereocenters. The second kappa shape index (κ2) is 7.31. The van der Waals surface area contributed by atoms with Crippen molar-refractivity contribution < 1.29 is 13.9 Å². The first-order valence-corrected chi connectivity index (χ1v) is 9.51. The number of nitrogens with zero attached hydrogens (tertiary/aromatic N) is 2. The van der Waals surface area contributed by atoms with E-state index >= 15 is 0 Å². The molecule has 1 amide bonds. The monoisotopic (exact) mass is 385 g/mol. The lowest BCUT2D eigenvalue weighted by molar-refractivity contribution is 0.0917. The summed E-state index contributed by atoms with van der Waals surface area (Å²) in [5.41, 5.74) is 2.86. The van der Waals surface area contributed by atoms with Gasteiger partial charge in [-0.1, -0.05) is 36.4 Å². The Bertz CT molecular complexity index is 1130. The Kier molecular flexibility index (Phi) is 4.37. The largest absolute Gasteiger partial charge is 0.493 e. The summed E-state index contributed by atoms with van der Waals surface area (Å²) in [6.45, 7) is 0.567. The molecule has 0 saturated carbocycles. The van der Waals surface area contributed by atoms with Gasteiger partial charge in [-0.3, -0.25) is 4.79 Å². The third-order valence-corrected chi connectivity index (χ3v) is 4.98. The van der Waals surface area contributed by atoms with Gasteiger partial charge in [-0.05, 0) is 30.3 Å². The smallest absolute Gasteiger partial charge is 0.270 e. The number of aromatic nitrogens is 2. The lowest BCUT2D eigenvalue weighted by atomic mass is 10.0. The average molecular weight is 385 g/mol. The Hall–Kier alpha value is -3.80. The summed E-state index contributed by atoms with van der Waals surface area (Å²) in [6, 6.07) is 22.7. The Balaban J connectivity index is 1.51. The second-order valence-electron chi connectivity index (χ2n) is 6.84. The highest BCUT2D eigenvalue weighted by molar-refractivity contribution is 5.94. The molecule has 0 radical (unpaired) electrons. The van der Waals surface area contributed by atoms with Crippen LogP contribution in [0.25, 0.3) is 17.1 Å². The molecule has 4 aromatic rings. The highest BCUT2D eigenvalue weighted by Gasteiger charge is 2.25. The molecule has 1 N–H and O–H groups in total. The number of nitrogens with one attached hydrogen (secondary N) is 1. The van der Waals surface area contributed by atoms with E-state index in [9.17, 15) is 4.79 Å². The van der Waals surface area contributed by atoms with Crippen molar-refractivity contribution in [3.63, 3.8) is 0 Å². The highest BCUT2D eigenvalue weighted by Crippen LogP contribution is 2.32. The van der Waals surface area contributed by atoms with Gasteiger partial charge in [-0.15, -0.1) is 0 Å². The molecule has 1 atom stereocenters. The molecule has 5 rings (SSSR count). The van der Waals surface area contributed by atoms with Crippen molar-refractivity contribution in [3.8, 4) is 22.9 Å². The summed E-state index contributed by atoms with van der Waals surface area (Å²) in [7, 11) is 0. The van der Waals surface area contributed by atoms with Crippen LogP contribution in [-0.4, -0.2) is 22.3 Å². The van der Waals surface area contributed by atoms with Gasteiger partial charge in [0.2, 0.25) is 0 Å². The van der Waals surface area contributed by atoms with Crippen molar-refractivity contribution >= 4 is 5.91 Å². The minimum Gasteiger partial charge on any atom is -0.493 e. The van der Waals surface area contributed by atoms with Crippen LogP contribution < -0.4 is 10.1 Å². The van der Waals surface area contributed by atoms with Crippen LogP contribution in [0, 0.1) is 0 Å². The van der Waals surface area contributed by atoms with Crippen LogP contribution >= 0.6 is 0 Å². The topological polar surface area (TPSA) is 69.3 Å². The Morgan fingerprint density at radius 1 is 1.03 bits per heavy atom. The molecule has 0 aliphatic carbocycles. The number of amides is 1. The standard InChI is InChI=1S/C23H19N3O3/c27-23(24-18-12-14-29-21-10-5-4-9-17(18)21)20-15-19(22-11-6-13-28-22)25-26(20)16-7-2-1-3-8-16/h1-11,13,15,18H,12,14H2,(H,24,27). The van der Waals surface area contributed by atoms with Crippen molar-refractivity contribution in [1.82, 2.24) is 15.1 Å². The van der Waals surface area contributed by atoms with E-state index in [0.717, 1.165) is 17.0 Å². The number of hydrogen-bond acceptors (Lipinski definition) is 4. The van der Waals surface area contributed by atoms with Crippen molar-refractivity contribution in [2.24, 2.45) is 0 Å². The number of carbonyl (C=O) groups is 1. The van der Waals surface area contributed by atoms with Gasteiger partial charge in [0.15, 0.2) is 5.76 Å². The van der Waals surface area contributed by atoms with Crippen LogP contribution in [0.15, 0.2) is 83.5 Å². The normalized spacial score (nSPS) is 15.4. The molecule has 0 bridgehead atoms. The average Bonchev–Trinajstić information content (AvgIpc) is 3.45. The first kappa shape index (κ1) is 17.3. The lowest BCUT2D eigenvalue weighted by Gasteiger charge is -2.26. The zero-order valence-electron chi connectivity index (χ0n) is 15.6. The van der Waals surface area contributed by atoms with Crippen LogP contribution in [0.1, 0.15) is 28.5 Å². The molecule has 0 saturated heterocycles. The number of hydrogen-bond donors (Lipinski definition) is 1.